The Hall–Kier alpha value is -2.51. The van der Waals surface area contributed by atoms with Gasteiger partial charge in [0.25, 0.3) is 0 Å². The zero-order valence-electron chi connectivity index (χ0n) is 21.9. The van der Waals surface area contributed by atoms with Crippen LogP contribution < -0.4 is 5.48 Å². The number of aromatic nitrogens is 1. The van der Waals surface area contributed by atoms with Crippen LogP contribution in [0.4, 0.5) is 0 Å². The second-order valence-corrected chi connectivity index (χ2v) is 13.0. The van der Waals surface area contributed by atoms with Gasteiger partial charge in [-0.05, 0) is 56.2 Å². The summed E-state index contributed by atoms with van der Waals surface area (Å²) >= 11 is 1.36. The summed E-state index contributed by atoms with van der Waals surface area (Å²) in [4.78, 5) is 24.7. The summed E-state index contributed by atoms with van der Waals surface area (Å²) in [5.41, 5.74) is 2.64. The van der Waals surface area contributed by atoms with Gasteiger partial charge >= 0.3 is 5.12 Å². The van der Waals surface area contributed by atoms with Gasteiger partial charge in [-0.15, -0.1) is 11.3 Å². The van der Waals surface area contributed by atoms with Crippen molar-refractivity contribution in [1.82, 2.24) is 15.4 Å². The van der Waals surface area contributed by atoms with Gasteiger partial charge in [0, 0.05) is 43.8 Å². The molecule has 38 heavy (non-hydrogen) atoms. The molecule has 4 rings (SSSR count). The number of thiazole rings is 1. The Labute approximate surface area is 227 Å². The molecule has 11 heteroatoms. The molecule has 0 unspecified atom stereocenters. The standard InChI is InChI=1S/C27H33N3O6S2/c1-4-8-24(32)29-36-27(38(3,33)34)26(2,13-7-16-35-27)25-28-22-12-11-20(17-23(22)37-25)9-5-6-10-21-18-30(19-21)14-15-31/h11-12,17,21,31H,4,7-8,13-16,18-19H2,1-3H3,(H,29,32)/t26-,27-/m1/s1. The zero-order chi connectivity index (χ0) is 27.4. The summed E-state index contributed by atoms with van der Waals surface area (Å²) in [5.74, 6) is 11.9. The van der Waals surface area contributed by atoms with Crippen molar-refractivity contribution in [2.45, 2.75) is 50.1 Å². The number of fused-ring (bicyclic) bond motifs is 1. The molecule has 1 aromatic carbocycles. The number of hydroxylamine groups is 1. The Morgan fingerprint density at radius 1 is 1.37 bits per heavy atom. The van der Waals surface area contributed by atoms with Crippen molar-refractivity contribution in [2.24, 2.45) is 5.92 Å². The highest BCUT2D eigenvalue weighted by Crippen LogP contribution is 2.50. The van der Waals surface area contributed by atoms with E-state index in [0.717, 1.165) is 29.6 Å². The van der Waals surface area contributed by atoms with Gasteiger partial charge in [0.2, 0.25) is 15.7 Å². The van der Waals surface area contributed by atoms with Gasteiger partial charge in [0.05, 0.1) is 28.8 Å². The van der Waals surface area contributed by atoms with Gasteiger partial charge in [-0.25, -0.2) is 23.7 Å². The van der Waals surface area contributed by atoms with E-state index in [2.05, 4.69) is 34.1 Å². The predicted molar refractivity (Wildman–Crippen MR) is 146 cm³/mol. The van der Waals surface area contributed by atoms with Crippen molar-refractivity contribution in [3.63, 3.8) is 0 Å². The van der Waals surface area contributed by atoms with Crippen molar-refractivity contribution in [3.8, 4) is 23.7 Å². The lowest BCUT2D eigenvalue weighted by Gasteiger charge is -2.47. The van der Waals surface area contributed by atoms with E-state index in [1.165, 1.54) is 11.3 Å². The molecule has 2 aliphatic heterocycles. The number of β-amino-alcohol motifs (C(OH)–C–C–N with tert-alkyl or cyclic N) is 1. The number of amides is 1. The molecule has 0 bridgehead atoms. The van der Waals surface area contributed by atoms with Crippen LogP contribution in [0, 0.1) is 29.6 Å². The molecule has 0 radical (unpaired) electrons. The number of aliphatic hydroxyl groups is 1. The van der Waals surface area contributed by atoms with E-state index in [9.17, 15) is 13.2 Å². The summed E-state index contributed by atoms with van der Waals surface area (Å²) in [7, 11) is -3.97. The average Bonchev–Trinajstić information content (AvgIpc) is 3.28. The molecule has 1 amide bonds. The maximum absolute atomic E-state index is 13.1. The normalized spacial score (nSPS) is 24.1. The molecule has 2 aromatic rings. The van der Waals surface area contributed by atoms with Gasteiger partial charge in [-0.1, -0.05) is 18.8 Å². The quantitative estimate of drug-likeness (QED) is 0.373. The fraction of sp³-hybridized carbons (Fsp3) is 0.556. The molecule has 0 aliphatic carbocycles. The molecule has 2 saturated heterocycles. The summed E-state index contributed by atoms with van der Waals surface area (Å²) in [6.07, 6.45) is 2.91. The minimum atomic E-state index is -3.97. The number of ether oxygens (including phenoxy) is 1. The van der Waals surface area contributed by atoms with Gasteiger partial charge in [-0.2, -0.15) is 0 Å². The van der Waals surface area contributed by atoms with Crippen molar-refractivity contribution in [2.75, 3.05) is 39.1 Å². The van der Waals surface area contributed by atoms with Crippen LogP contribution in [0.3, 0.4) is 0 Å². The average molecular weight is 560 g/mol. The molecule has 2 fully saturated rings. The van der Waals surface area contributed by atoms with E-state index in [0.29, 0.717) is 36.3 Å². The second kappa shape index (κ2) is 11.7. The molecule has 0 saturated carbocycles. The van der Waals surface area contributed by atoms with Gasteiger partial charge in [0.1, 0.15) is 5.01 Å². The van der Waals surface area contributed by atoms with Crippen LogP contribution in [0.2, 0.25) is 0 Å². The summed E-state index contributed by atoms with van der Waals surface area (Å²) in [6, 6.07) is 5.62. The molecule has 2 atom stereocenters. The van der Waals surface area contributed by atoms with Crippen molar-refractivity contribution in [1.29, 1.82) is 0 Å². The van der Waals surface area contributed by atoms with Crippen molar-refractivity contribution >= 4 is 37.3 Å². The molecule has 2 N–H and O–H groups in total. The topological polar surface area (TPSA) is 118 Å². The number of aliphatic hydroxyl groups excluding tert-OH is 1. The summed E-state index contributed by atoms with van der Waals surface area (Å²) in [6.45, 7) is 6.33. The SMILES string of the molecule is CCCC(=O)NO[C@]1(S(C)(=O)=O)OCCC[C@]1(C)c1nc2ccc(C#CC#CC3CN(CCO)C3)cc2s1. The van der Waals surface area contributed by atoms with Crippen molar-refractivity contribution in [3.05, 3.63) is 28.8 Å². The third-order valence-electron chi connectivity index (χ3n) is 6.83. The van der Waals surface area contributed by atoms with Gasteiger partial charge in [-0.3, -0.25) is 9.69 Å². The first-order chi connectivity index (χ1) is 18.1. The number of nitrogens with zero attached hydrogens (tertiary/aromatic N) is 2. The van der Waals surface area contributed by atoms with E-state index in [4.69, 9.17) is 19.7 Å². The van der Waals surface area contributed by atoms with E-state index in [1.54, 1.807) is 6.92 Å². The molecule has 1 aromatic heterocycles. The fourth-order valence-corrected chi connectivity index (χ4v) is 7.57. The monoisotopic (exact) mass is 559 g/mol. The Balaban J connectivity index is 1.59. The van der Waals surface area contributed by atoms with Crippen LogP contribution in [-0.4, -0.2) is 73.5 Å². The molecule has 9 nitrogen and oxygen atoms in total. The van der Waals surface area contributed by atoms with Gasteiger partial charge in [0.15, 0.2) is 0 Å². The minimum absolute atomic E-state index is 0.158. The molecular weight excluding hydrogens is 526 g/mol. The highest BCUT2D eigenvalue weighted by molar-refractivity contribution is 7.91. The maximum atomic E-state index is 13.1. The Bertz CT molecular complexity index is 1410. The number of carbonyl (C=O) groups excluding carboxylic acids is 1. The van der Waals surface area contributed by atoms with Crippen LogP contribution in [0.25, 0.3) is 10.2 Å². The zero-order valence-corrected chi connectivity index (χ0v) is 23.5. The number of carbonyl (C=O) groups is 1. The predicted octanol–water partition coefficient (Wildman–Crippen LogP) is 2.19. The summed E-state index contributed by atoms with van der Waals surface area (Å²) < 4.78 is 33.0. The Morgan fingerprint density at radius 2 is 2.16 bits per heavy atom. The second-order valence-electron chi connectivity index (χ2n) is 9.89. The first-order valence-corrected chi connectivity index (χ1v) is 15.4. The third kappa shape index (κ3) is 5.74. The van der Waals surface area contributed by atoms with E-state index in [-0.39, 0.29) is 25.6 Å². The molecule has 2 aliphatic rings. The Kier molecular flexibility index (Phi) is 8.78. The smallest absolute Gasteiger partial charge is 0.307 e. The molecule has 3 heterocycles. The number of hydrogen-bond acceptors (Lipinski definition) is 9. The maximum Gasteiger partial charge on any atom is 0.307 e. The molecule has 0 spiro atoms. The highest BCUT2D eigenvalue weighted by Gasteiger charge is 2.63. The lowest BCUT2D eigenvalue weighted by atomic mass is 9.83. The molecular formula is C27H33N3O6S2. The van der Waals surface area contributed by atoms with Crippen LogP contribution in [-0.2, 0) is 29.6 Å². The van der Waals surface area contributed by atoms with Gasteiger partial charge < -0.3 is 9.84 Å². The lowest BCUT2D eigenvalue weighted by Crippen LogP contribution is -2.63. The lowest BCUT2D eigenvalue weighted by molar-refractivity contribution is -0.260. The fourth-order valence-electron chi connectivity index (χ4n) is 4.78. The molecule has 204 valence electrons. The van der Waals surface area contributed by atoms with Crippen LogP contribution in [0.15, 0.2) is 18.2 Å². The number of benzene rings is 1. The van der Waals surface area contributed by atoms with Crippen LogP contribution >= 0.6 is 11.3 Å². The van der Waals surface area contributed by atoms with Crippen molar-refractivity contribution < 1.29 is 27.9 Å². The van der Waals surface area contributed by atoms with Crippen LogP contribution in [0.5, 0.6) is 0 Å². The van der Waals surface area contributed by atoms with E-state index >= 15 is 0 Å². The number of likely N-dealkylation sites (tertiary alicyclic amines) is 1. The van der Waals surface area contributed by atoms with E-state index in [1.807, 2.05) is 25.1 Å². The number of sulfone groups is 1. The Morgan fingerprint density at radius 3 is 2.87 bits per heavy atom. The first kappa shape index (κ1) is 28.5. The highest BCUT2D eigenvalue weighted by atomic mass is 32.2. The first-order valence-electron chi connectivity index (χ1n) is 12.7. The number of rotatable bonds is 8. The number of hydrogen-bond donors (Lipinski definition) is 2. The third-order valence-corrected chi connectivity index (χ3v) is 9.74. The van der Waals surface area contributed by atoms with E-state index < -0.39 is 26.3 Å². The minimum Gasteiger partial charge on any atom is -0.395 e. The number of nitrogens with one attached hydrogen (secondary N) is 1. The summed E-state index contributed by atoms with van der Waals surface area (Å²) in [5, 5.41) is 7.40. The largest absolute Gasteiger partial charge is 0.395 e. The van der Waals surface area contributed by atoms with Crippen LogP contribution in [0.1, 0.15) is 50.1 Å².